The Hall–Kier alpha value is -1.37. The molecule has 2 N–H and O–H groups in total. The van der Waals surface area contributed by atoms with Gasteiger partial charge in [0.2, 0.25) is 0 Å². The fourth-order valence-electron chi connectivity index (χ4n) is 1.83. The van der Waals surface area contributed by atoms with Gasteiger partial charge in [0.15, 0.2) is 0 Å². The molecule has 0 saturated heterocycles. The van der Waals surface area contributed by atoms with E-state index < -0.39 is 18.3 Å². The van der Waals surface area contributed by atoms with E-state index in [1.165, 1.54) is 4.90 Å². The van der Waals surface area contributed by atoms with Crippen LogP contribution in [0.4, 0.5) is 0 Å². The Morgan fingerprint density at radius 1 is 1.23 bits per heavy atom. The van der Waals surface area contributed by atoms with E-state index >= 15 is 0 Å². The Labute approximate surface area is 133 Å². The van der Waals surface area contributed by atoms with E-state index in [0.29, 0.717) is 11.0 Å². The molecule has 0 aliphatic rings. The molecule has 0 spiro atoms. The van der Waals surface area contributed by atoms with Crippen LogP contribution in [0.15, 0.2) is 18.2 Å². The molecule has 5 nitrogen and oxygen atoms in total. The number of hydrogen-bond acceptors (Lipinski definition) is 4. The third kappa shape index (κ3) is 4.09. The summed E-state index contributed by atoms with van der Waals surface area (Å²) in [4.78, 5) is 13.4. The number of hydrogen-bond donors (Lipinski definition) is 2. The number of aryl methyl sites for hydroxylation is 1. The first-order chi connectivity index (χ1) is 9.86. The minimum atomic E-state index is -1.18. The number of amides is 1. The summed E-state index contributed by atoms with van der Waals surface area (Å²) in [5.41, 5.74) is -0.153. The zero-order chi connectivity index (χ0) is 17.3. The molecule has 0 fully saturated rings. The predicted octanol–water partition coefficient (Wildman–Crippen LogP) is 0.950. The van der Waals surface area contributed by atoms with E-state index in [1.54, 1.807) is 60.0 Å². The number of carbonyl (C=O) groups excluding carboxylic acids is 1. The summed E-state index contributed by atoms with van der Waals surface area (Å²) in [6.45, 7) is 8.51. The first-order valence-electron chi connectivity index (χ1n) is 7.27. The van der Waals surface area contributed by atoms with Crippen molar-refractivity contribution in [3.63, 3.8) is 0 Å². The SMILES string of the molecule is Cc1cc(C(=O)N(C)C)ccc1B(O)OC(C)(C)C(C)(C)O. The van der Waals surface area contributed by atoms with Gasteiger partial charge < -0.3 is 19.7 Å². The Morgan fingerprint density at radius 2 is 1.77 bits per heavy atom. The van der Waals surface area contributed by atoms with Gasteiger partial charge >= 0.3 is 7.12 Å². The molecule has 122 valence electrons. The van der Waals surface area contributed by atoms with Crippen molar-refractivity contribution >= 4 is 18.5 Å². The number of aliphatic hydroxyl groups is 1. The van der Waals surface area contributed by atoms with E-state index in [-0.39, 0.29) is 5.91 Å². The van der Waals surface area contributed by atoms with Gasteiger partial charge in [0.25, 0.3) is 5.91 Å². The van der Waals surface area contributed by atoms with Crippen molar-refractivity contribution in [1.82, 2.24) is 4.90 Å². The third-order valence-electron chi connectivity index (χ3n) is 4.07. The molecule has 1 aromatic rings. The molecule has 1 rings (SSSR count). The van der Waals surface area contributed by atoms with Crippen LogP contribution < -0.4 is 5.46 Å². The first-order valence-corrected chi connectivity index (χ1v) is 7.27. The Balaban J connectivity index is 3.01. The van der Waals surface area contributed by atoms with Crippen LogP contribution in [0, 0.1) is 6.92 Å². The van der Waals surface area contributed by atoms with Gasteiger partial charge in [-0.3, -0.25) is 4.79 Å². The molecule has 6 heteroatoms. The number of benzene rings is 1. The molecule has 0 aliphatic heterocycles. The van der Waals surface area contributed by atoms with Crippen LogP contribution in [0.5, 0.6) is 0 Å². The molecule has 0 bridgehead atoms. The molecule has 0 aliphatic carbocycles. The molecule has 0 radical (unpaired) electrons. The lowest BCUT2D eigenvalue weighted by atomic mass is 9.74. The summed E-state index contributed by atoms with van der Waals surface area (Å²) < 4.78 is 5.63. The fraction of sp³-hybridized carbons (Fsp3) is 0.562. The van der Waals surface area contributed by atoms with Gasteiger partial charge in [0.05, 0.1) is 11.2 Å². The zero-order valence-corrected chi connectivity index (χ0v) is 14.5. The van der Waals surface area contributed by atoms with Crippen LogP contribution in [0.3, 0.4) is 0 Å². The standard InChI is InChI=1S/C16H26BNO4/c1-11-10-12(14(19)18(6)7)8-9-13(11)17(21)22-16(4,5)15(2,3)20/h8-10,20-21H,1-7H3. The largest absolute Gasteiger partial charge is 0.491 e. The van der Waals surface area contributed by atoms with Gasteiger partial charge in [-0.25, -0.2) is 0 Å². The molecule has 1 amide bonds. The summed E-state index contributed by atoms with van der Waals surface area (Å²) in [7, 11) is 2.20. The lowest BCUT2D eigenvalue weighted by molar-refractivity contribution is -0.0982. The van der Waals surface area contributed by atoms with Crippen molar-refractivity contribution in [2.24, 2.45) is 0 Å². The molecule has 0 atom stereocenters. The molecular formula is C16H26BNO4. The van der Waals surface area contributed by atoms with Crippen LogP contribution in [0.2, 0.25) is 0 Å². The van der Waals surface area contributed by atoms with Gasteiger partial charge in [-0.15, -0.1) is 0 Å². The maximum Gasteiger partial charge on any atom is 0.491 e. The number of carbonyl (C=O) groups is 1. The minimum Gasteiger partial charge on any atom is -0.423 e. The van der Waals surface area contributed by atoms with E-state index in [1.807, 2.05) is 6.92 Å². The smallest absolute Gasteiger partial charge is 0.423 e. The molecule has 0 saturated carbocycles. The lowest BCUT2D eigenvalue weighted by Crippen LogP contribution is -2.53. The summed E-state index contributed by atoms with van der Waals surface area (Å²) in [5.74, 6) is -0.0955. The Morgan fingerprint density at radius 3 is 2.18 bits per heavy atom. The minimum absolute atomic E-state index is 0.0955. The van der Waals surface area contributed by atoms with Gasteiger partial charge in [0.1, 0.15) is 0 Å². The summed E-state index contributed by atoms with van der Waals surface area (Å²) in [6.07, 6.45) is 0. The predicted molar refractivity (Wildman–Crippen MR) is 88.3 cm³/mol. The van der Waals surface area contributed by atoms with Crippen LogP contribution in [-0.4, -0.2) is 53.4 Å². The van der Waals surface area contributed by atoms with Crippen LogP contribution in [0.1, 0.15) is 43.6 Å². The second kappa shape index (κ2) is 6.40. The van der Waals surface area contributed by atoms with Crippen LogP contribution in [-0.2, 0) is 4.65 Å². The normalized spacial score (nSPS) is 12.2. The lowest BCUT2D eigenvalue weighted by Gasteiger charge is -2.38. The van der Waals surface area contributed by atoms with Crippen molar-refractivity contribution in [3.8, 4) is 0 Å². The molecular weight excluding hydrogens is 281 g/mol. The highest BCUT2D eigenvalue weighted by Crippen LogP contribution is 2.25. The Bertz CT molecular complexity index is 550. The molecule has 22 heavy (non-hydrogen) atoms. The maximum absolute atomic E-state index is 11.9. The number of nitrogens with zero attached hydrogens (tertiary/aromatic N) is 1. The highest BCUT2D eigenvalue weighted by Gasteiger charge is 2.39. The van der Waals surface area contributed by atoms with E-state index in [0.717, 1.165) is 5.56 Å². The van der Waals surface area contributed by atoms with Crippen molar-refractivity contribution in [3.05, 3.63) is 29.3 Å². The highest BCUT2D eigenvalue weighted by atomic mass is 16.5. The fourth-order valence-corrected chi connectivity index (χ4v) is 1.83. The molecule has 0 aromatic heterocycles. The van der Waals surface area contributed by atoms with E-state index in [4.69, 9.17) is 4.65 Å². The van der Waals surface area contributed by atoms with Crippen LogP contribution in [0.25, 0.3) is 0 Å². The van der Waals surface area contributed by atoms with Gasteiger partial charge in [0, 0.05) is 19.7 Å². The second-order valence-corrected chi connectivity index (χ2v) is 6.81. The third-order valence-corrected chi connectivity index (χ3v) is 4.07. The summed E-state index contributed by atoms with van der Waals surface area (Å²) >= 11 is 0. The molecule has 0 heterocycles. The van der Waals surface area contributed by atoms with Crippen LogP contribution >= 0.6 is 0 Å². The van der Waals surface area contributed by atoms with Crippen molar-refractivity contribution in [2.45, 2.75) is 45.8 Å². The highest BCUT2D eigenvalue weighted by molar-refractivity contribution is 6.60. The summed E-state index contributed by atoms with van der Waals surface area (Å²) in [5, 5.41) is 20.4. The monoisotopic (exact) mass is 307 g/mol. The van der Waals surface area contributed by atoms with Gasteiger partial charge in [-0.2, -0.15) is 0 Å². The van der Waals surface area contributed by atoms with Crippen molar-refractivity contribution in [1.29, 1.82) is 0 Å². The average molecular weight is 307 g/mol. The number of rotatable bonds is 5. The second-order valence-electron chi connectivity index (χ2n) is 6.81. The van der Waals surface area contributed by atoms with Gasteiger partial charge in [-0.1, -0.05) is 11.6 Å². The summed E-state index contributed by atoms with van der Waals surface area (Å²) in [6, 6.07) is 5.06. The quantitative estimate of drug-likeness (QED) is 0.795. The average Bonchev–Trinajstić information content (AvgIpc) is 2.35. The maximum atomic E-state index is 11.9. The molecule has 1 aromatic carbocycles. The van der Waals surface area contributed by atoms with E-state index in [2.05, 4.69) is 0 Å². The van der Waals surface area contributed by atoms with Crippen molar-refractivity contribution < 1.29 is 19.6 Å². The zero-order valence-electron chi connectivity index (χ0n) is 14.5. The van der Waals surface area contributed by atoms with Gasteiger partial charge in [-0.05, 0) is 52.2 Å². The van der Waals surface area contributed by atoms with Crippen molar-refractivity contribution in [2.75, 3.05) is 14.1 Å². The topological polar surface area (TPSA) is 70.0 Å². The molecule has 0 unspecified atom stereocenters. The first kappa shape index (κ1) is 18.7. The Kier molecular flexibility index (Phi) is 5.44. The van der Waals surface area contributed by atoms with E-state index in [9.17, 15) is 14.9 Å².